The van der Waals surface area contributed by atoms with Gasteiger partial charge >= 0.3 is 0 Å². The number of hydrogen-bond donors (Lipinski definition) is 4. The van der Waals surface area contributed by atoms with Crippen molar-refractivity contribution in [3.63, 3.8) is 0 Å². The minimum Gasteiger partial charge on any atom is -0.508 e. The molecule has 0 aliphatic heterocycles. The Labute approximate surface area is 301 Å². The molecular formula is C40H34O10S2. The smallest absolute Gasteiger partial charge is 0.206 e. The number of rotatable bonds is 13. The molecular weight excluding hydrogens is 705 g/mol. The highest BCUT2D eigenvalue weighted by atomic mass is 32.2. The Morgan fingerprint density at radius 2 is 0.731 bits per heavy atom. The maximum atomic E-state index is 13.0. The number of benzene rings is 6. The van der Waals surface area contributed by atoms with Crippen LogP contribution in [0.25, 0.3) is 11.1 Å². The van der Waals surface area contributed by atoms with Crippen LogP contribution in [0.3, 0.4) is 0 Å². The lowest BCUT2D eigenvalue weighted by molar-refractivity contribution is 0.319. The summed E-state index contributed by atoms with van der Waals surface area (Å²) in [6.45, 7) is 0.385. The molecule has 12 heteroatoms. The molecule has 0 saturated carbocycles. The van der Waals surface area contributed by atoms with Crippen molar-refractivity contribution in [2.45, 2.75) is 32.4 Å². The van der Waals surface area contributed by atoms with E-state index < -0.39 is 19.7 Å². The fraction of sp³-hybridized carbons (Fsp3) is 0.100. The summed E-state index contributed by atoms with van der Waals surface area (Å²) >= 11 is 0. The van der Waals surface area contributed by atoms with Crippen LogP contribution in [-0.4, -0.2) is 50.5 Å². The van der Waals surface area contributed by atoms with Gasteiger partial charge in [0.05, 0.1) is 32.8 Å². The molecule has 6 rings (SSSR count). The number of aromatic hydroxyl groups is 4. The molecule has 0 atom stereocenters. The first-order chi connectivity index (χ1) is 24.9. The number of hydrogen-bond acceptors (Lipinski definition) is 10. The molecule has 0 fully saturated rings. The van der Waals surface area contributed by atoms with Crippen LogP contribution >= 0.6 is 0 Å². The van der Waals surface area contributed by atoms with Gasteiger partial charge in [-0.1, -0.05) is 24.3 Å². The van der Waals surface area contributed by atoms with Crippen molar-refractivity contribution < 1.29 is 46.7 Å². The van der Waals surface area contributed by atoms with E-state index >= 15 is 0 Å². The molecule has 0 spiro atoms. The Bertz CT molecular complexity index is 2220. The summed E-state index contributed by atoms with van der Waals surface area (Å²) in [6.07, 6.45) is 0.524. The first-order valence-electron chi connectivity index (χ1n) is 16.1. The molecule has 10 nitrogen and oxygen atoms in total. The third-order valence-corrected chi connectivity index (χ3v) is 11.9. The maximum absolute atomic E-state index is 13.0. The molecule has 0 amide bonds. The van der Waals surface area contributed by atoms with E-state index in [1.165, 1.54) is 84.9 Å². The van der Waals surface area contributed by atoms with Crippen molar-refractivity contribution in [3.05, 3.63) is 145 Å². The molecule has 0 unspecified atom stereocenters. The van der Waals surface area contributed by atoms with Gasteiger partial charge in [-0.25, -0.2) is 16.8 Å². The van der Waals surface area contributed by atoms with Gasteiger partial charge in [0.15, 0.2) is 0 Å². The second-order valence-electron chi connectivity index (χ2n) is 11.8. The molecule has 6 aromatic rings. The van der Waals surface area contributed by atoms with Crippen molar-refractivity contribution >= 4 is 19.7 Å². The average molecular weight is 739 g/mol. The van der Waals surface area contributed by atoms with E-state index in [4.69, 9.17) is 9.47 Å². The Balaban J connectivity index is 1.02. The van der Waals surface area contributed by atoms with E-state index in [9.17, 15) is 37.3 Å². The van der Waals surface area contributed by atoms with Crippen LogP contribution in [0.15, 0.2) is 153 Å². The summed E-state index contributed by atoms with van der Waals surface area (Å²) in [4.78, 5) is 0.112. The molecule has 0 bridgehead atoms. The van der Waals surface area contributed by atoms with E-state index in [1.807, 2.05) is 48.5 Å². The molecule has 52 heavy (non-hydrogen) atoms. The van der Waals surface area contributed by atoms with Crippen LogP contribution in [-0.2, 0) is 32.5 Å². The van der Waals surface area contributed by atoms with Gasteiger partial charge in [0, 0.05) is 12.8 Å². The summed E-state index contributed by atoms with van der Waals surface area (Å²) < 4.78 is 63.9. The molecule has 0 aliphatic carbocycles. The van der Waals surface area contributed by atoms with Gasteiger partial charge in [-0.05, 0) is 131 Å². The Morgan fingerprint density at radius 3 is 1.08 bits per heavy atom. The SMILES string of the molecule is O=S(=O)(c1ccc(O)cc1)c1ccc(O)c(CCOc2ccc(-c3ccc(OCCc4cc(S(=O)(=O)c5ccc(O)cc5)ccc4O)cc3)cc2)c1. The van der Waals surface area contributed by atoms with Crippen molar-refractivity contribution in [1.29, 1.82) is 0 Å². The maximum Gasteiger partial charge on any atom is 0.206 e. The zero-order chi connectivity index (χ0) is 36.9. The van der Waals surface area contributed by atoms with Gasteiger partial charge in [0.2, 0.25) is 19.7 Å². The zero-order valence-corrected chi connectivity index (χ0v) is 29.2. The number of sulfone groups is 2. The predicted molar refractivity (Wildman–Crippen MR) is 194 cm³/mol. The van der Waals surface area contributed by atoms with Gasteiger partial charge in [-0.3, -0.25) is 0 Å². The molecule has 0 radical (unpaired) electrons. The highest BCUT2D eigenvalue weighted by Crippen LogP contribution is 2.30. The third kappa shape index (κ3) is 8.14. The van der Waals surface area contributed by atoms with E-state index in [-0.39, 0.29) is 68.6 Å². The fourth-order valence-electron chi connectivity index (χ4n) is 5.43. The highest BCUT2D eigenvalue weighted by molar-refractivity contribution is 7.91. The van der Waals surface area contributed by atoms with Gasteiger partial charge < -0.3 is 29.9 Å². The van der Waals surface area contributed by atoms with Crippen molar-refractivity contribution in [3.8, 4) is 45.6 Å². The van der Waals surface area contributed by atoms with Gasteiger partial charge in [-0.2, -0.15) is 0 Å². The topological polar surface area (TPSA) is 168 Å². The molecule has 266 valence electrons. The first-order valence-corrected chi connectivity index (χ1v) is 19.0. The minimum absolute atomic E-state index is 0.0247. The van der Waals surface area contributed by atoms with E-state index in [0.717, 1.165) is 11.1 Å². The van der Waals surface area contributed by atoms with Crippen LogP contribution in [0.4, 0.5) is 0 Å². The van der Waals surface area contributed by atoms with Crippen LogP contribution in [0.2, 0.25) is 0 Å². The molecule has 0 aliphatic rings. The van der Waals surface area contributed by atoms with Gasteiger partial charge in [0.25, 0.3) is 0 Å². The molecule has 0 saturated heterocycles. The number of phenolic OH excluding ortho intramolecular Hbond substituents is 4. The predicted octanol–water partition coefficient (Wildman–Crippen LogP) is 7.08. The monoisotopic (exact) mass is 738 g/mol. The highest BCUT2D eigenvalue weighted by Gasteiger charge is 2.21. The quantitative estimate of drug-likeness (QED) is 0.0961. The first kappa shape index (κ1) is 35.8. The summed E-state index contributed by atoms with van der Waals surface area (Å²) in [5.41, 5.74) is 2.70. The van der Waals surface area contributed by atoms with Crippen molar-refractivity contribution in [1.82, 2.24) is 0 Å². The molecule has 6 aromatic carbocycles. The minimum atomic E-state index is -3.84. The summed E-state index contributed by atoms with van der Waals surface area (Å²) in [7, 11) is -7.69. The standard InChI is InChI=1S/C40H34O10S2/c41-31-5-13-35(14-6-31)51(45,46)37-17-19-39(43)29(25-37)21-23-49-33-9-1-27(2-10-33)28-3-11-34(12-4-28)50-24-22-30-26-38(18-20-40(30)44)52(47,48)36-15-7-32(42)8-16-36/h1-20,25-26,41-44H,21-24H2. The molecule has 4 N–H and O–H groups in total. The van der Waals surface area contributed by atoms with Gasteiger partial charge in [0.1, 0.15) is 34.5 Å². The van der Waals surface area contributed by atoms with Crippen molar-refractivity contribution in [2.75, 3.05) is 13.2 Å². The summed E-state index contributed by atoms with van der Waals surface area (Å²) in [6, 6.07) is 33.5. The summed E-state index contributed by atoms with van der Waals surface area (Å²) in [5.74, 6) is 1.03. The zero-order valence-electron chi connectivity index (χ0n) is 27.6. The largest absolute Gasteiger partial charge is 0.508 e. The van der Waals surface area contributed by atoms with Crippen LogP contribution in [0, 0.1) is 0 Å². The number of ether oxygens (including phenoxy) is 2. The third-order valence-electron chi connectivity index (χ3n) is 8.34. The Kier molecular flexibility index (Phi) is 10.4. The molecule has 0 heterocycles. The molecule has 0 aromatic heterocycles. The van der Waals surface area contributed by atoms with E-state index in [2.05, 4.69) is 0 Å². The summed E-state index contributed by atoms with van der Waals surface area (Å²) in [5, 5.41) is 39.7. The lowest BCUT2D eigenvalue weighted by Gasteiger charge is -2.12. The van der Waals surface area contributed by atoms with Crippen LogP contribution in [0.5, 0.6) is 34.5 Å². The number of phenols is 4. The van der Waals surface area contributed by atoms with Crippen LogP contribution in [0.1, 0.15) is 11.1 Å². The average Bonchev–Trinajstić information content (AvgIpc) is 3.14. The van der Waals surface area contributed by atoms with E-state index in [1.54, 1.807) is 0 Å². The second kappa shape index (κ2) is 15.1. The normalized spacial score (nSPS) is 11.6. The van der Waals surface area contributed by atoms with Gasteiger partial charge in [-0.15, -0.1) is 0 Å². The lowest BCUT2D eigenvalue weighted by atomic mass is 10.1. The van der Waals surface area contributed by atoms with Crippen molar-refractivity contribution in [2.24, 2.45) is 0 Å². The Morgan fingerprint density at radius 1 is 0.404 bits per heavy atom. The van der Waals surface area contributed by atoms with E-state index in [0.29, 0.717) is 22.6 Å². The Hall–Kier alpha value is -5.98. The van der Waals surface area contributed by atoms with Crippen LogP contribution < -0.4 is 9.47 Å². The fourth-order valence-corrected chi connectivity index (χ4v) is 8.05. The lowest BCUT2D eigenvalue weighted by Crippen LogP contribution is -2.05. The second-order valence-corrected chi connectivity index (χ2v) is 15.7.